The molecular formula is C14H15FN2O2. The van der Waals surface area contributed by atoms with Crippen molar-refractivity contribution in [1.29, 1.82) is 0 Å². The number of hydrogen-bond donors (Lipinski definition) is 1. The predicted octanol–water partition coefficient (Wildman–Crippen LogP) is 3.50. The summed E-state index contributed by atoms with van der Waals surface area (Å²) in [7, 11) is 0. The molecule has 1 aromatic heterocycles. The minimum Gasteiger partial charge on any atom is -0.436 e. The molecule has 0 aliphatic rings. The Kier molecular flexibility index (Phi) is 3.64. The smallest absolute Gasteiger partial charge is 0.293 e. The highest BCUT2D eigenvalue weighted by Gasteiger charge is 2.21. The zero-order chi connectivity index (χ0) is 14.0. The van der Waals surface area contributed by atoms with Gasteiger partial charge >= 0.3 is 0 Å². The molecule has 19 heavy (non-hydrogen) atoms. The molecule has 0 saturated heterocycles. The van der Waals surface area contributed by atoms with Gasteiger partial charge in [-0.15, -0.1) is 0 Å². The van der Waals surface area contributed by atoms with Gasteiger partial charge in [-0.05, 0) is 30.2 Å². The summed E-state index contributed by atoms with van der Waals surface area (Å²) in [5.41, 5.74) is 1.13. The van der Waals surface area contributed by atoms with Gasteiger partial charge in [-0.3, -0.25) is 4.79 Å². The molecule has 1 heterocycles. The summed E-state index contributed by atoms with van der Waals surface area (Å²) in [5, 5.41) is 2.65. The van der Waals surface area contributed by atoms with Crippen molar-refractivity contribution in [2.75, 3.05) is 5.32 Å². The van der Waals surface area contributed by atoms with E-state index in [-0.39, 0.29) is 23.4 Å². The molecule has 4 nitrogen and oxygen atoms in total. The summed E-state index contributed by atoms with van der Waals surface area (Å²) >= 11 is 0. The number of nitrogens with one attached hydrogen (secondary N) is 1. The van der Waals surface area contributed by atoms with E-state index in [0.717, 1.165) is 0 Å². The van der Waals surface area contributed by atoms with Crippen LogP contribution in [-0.2, 0) is 0 Å². The first kappa shape index (κ1) is 13.3. The zero-order valence-electron chi connectivity index (χ0n) is 11.0. The predicted molar refractivity (Wildman–Crippen MR) is 69.7 cm³/mol. The third-order valence-electron chi connectivity index (χ3n) is 2.62. The Morgan fingerprint density at radius 2 is 1.95 bits per heavy atom. The average Bonchev–Trinajstić information content (AvgIpc) is 2.74. The molecule has 1 aromatic carbocycles. The number of carbonyl (C=O) groups excluding carboxylic acids is 1. The van der Waals surface area contributed by atoms with Crippen LogP contribution in [0.1, 0.15) is 41.9 Å². The highest BCUT2D eigenvalue weighted by atomic mass is 19.1. The minimum atomic E-state index is -0.379. The van der Waals surface area contributed by atoms with Gasteiger partial charge in [-0.1, -0.05) is 13.8 Å². The van der Waals surface area contributed by atoms with Gasteiger partial charge in [0, 0.05) is 12.6 Å². The number of rotatable bonds is 3. The lowest BCUT2D eigenvalue weighted by atomic mass is 10.1. The molecule has 1 N–H and O–H groups in total. The maximum absolute atomic E-state index is 12.8. The molecule has 1 amide bonds. The van der Waals surface area contributed by atoms with Gasteiger partial charge in [-0.2, -0.15) is 0 Å². The van der Waals surface area contributed by atoms with Crippen molar-refractivity contribution in [2.24, 2.45) is 0 Å². The Morgan fingerprint density at radius 1 is 1.32 bits per heavy atom. The summed E-state index contributed by atoms with van der Waals surface area (Å²) in [4.78, 5) is 16.3. The van der Waals surface area contributed by atoms with E-state index < -0.39 is 0 Å². The lowest BCUT2D eigenvalue weighted by molar-refractivity contribution is 0.0993. The van der Waals surface area contributed by atoms with E-state index in [9.17, 15) is 9.18 Å². The largest absolute Gasteiger partial charge is 0.436 e. The van der Waals surface area contributed by atoms with Crippen LogP contribution < -0.4 is 5.32 Å². The van der Waals surface area contributed by atoms with Crippen LogP contribution in [0.4, 0.5) is 10.1 Å². The van der Waals surface area contributed by atoms with Gasteiger partial charge < -0.3 is 9.73 Å². The number of halogens is 1. The summed E-state index contributed by atoms with van der Waals surface area (Å²) < 4.78 is 18.1. The molecule has 0 radical (unpaired) electrons. The Bertz CT molecular complexity index is 588. The SMILES string of the molecule is Cc1nc(C(C)C)c(C(=O)Nc2ccc(F)cc2)o1. The van der Waals surface area contributed by atoms with Crippen LogP contribution >= 0.6 is 0 Å². The molecule has 0 saturated carbocycles. The number of amides is 1. The summed E-state index contributed by atoms with van der Waals surface area (Å²) in [6, 6.07) is 5.55. The fourth-order valence-electron chi connectivity index (χ4n) is 1.72. The lowest BCUT2D eigenvalue weighted by Gasteiger charge is -2.05. The number of hydrogen-bond acceptors (Lipinski definition) is 3. The van der Waals surface area contributed by atoms with Crippen molar-refractivity contribution < 1.29 is 13.6 Å². The van der Waals surface area contributed by atoms with E-state index in [1.807, 2.05) is 13.8 Å². The molecule has 2 rings (SSSR count). The Morgan fingerprint density at radius 3 is 2.53 bits per heavy atom. The van der Waals surface area contributed by atoms with Crippen LogP contribution in [0.25, 0.3) is 0 Å². The summed E-state index contributed by atoms with van der Waals surface area (Å²) in [6.45, 7) is 5.57. The van der Waals surface area contributed by atoms with Crippen molar-refractivity contribution in [2.45, 2.75) is 26.7 Å². The first-order valence-electron chi connectivity index (χ1n) is 6.01. The molecule has 0 bridgehead atoms. The molecule has 0 spiro atoms. The van der Waals surface area contributed by atoms with E-state index in [2.05, 4.69) is 10.3 Å². The zero-order valence-corrected chi connectivity index (χ0v) is 11.0. The van der Waals surface area contributed by atoms with Crippen molar-refractivity contribution in [3.05, 3.63) is 47.4 Å². The van der Waals surface area contributed by atoms with E-state index in [4.69, 9.17) is 4.42 Å². The number of nitrogens with zero attached hydrogens (tertiary/aromatic N) is 1. The first-order chi connectivity index (χ1) is 8.97. The second-order valence-electron chi connectivity index (χ2n) is 4.56. The van der Waals surface area contributed by atoms with E-state index in [1.165, 1.54) is 24.3 Å². The molecule has 0 fully saturated rings. The van der Waals surface area contributed by atoms with Crippen LogP contribution in [0.3, 0.4) is 0 Å². The summed E-state index contributed by atoms with van der Waals surface area (Å²) in [6.07, 6.45) is 0. The number of anilines is 1. The lowest BCUT2D eigenvalue weighted by Crippen LogP contribution is -2.13. The van der Waals surface area contributed by atoms with Crippen LogP contribution in [0.5, 0.6) is 0 Å². The Hall–Kier alpha value is -2.17. The first-order valence-corrected chi connectivity index (χ1v) is 6.01. The van der Waals surface area contributed by atoms with E-state index in [1.54, 1.807) is 6.92 Å². The molecule has 5 heteroatoms. The van der Waals surface area contributed by atoms with Crippen molar-refractivity contribution >= 4 is 11.6 Å². The van der Waals surface area contributed by atoms with Crippen LogP contribution in [0.15, 0.2) is 28.7 Å². The number of aromatic nitrogens is 1. The van der Waals surface area contributed by atoms with Gasteiger partial charge in [0.2, 0.25) is 5.76 Å². The van der Waals surface area contributed by atoms with E-state index >= 15 is 0 Å². The fourth-order valence-corrected chi connectivity index (χ4v) is 1.72. The van der Waals surface area contributed by atoms with Crippen LogP contribution in [0.2, 0.25) is 0 Å². The molecule has 0 atom stereocenters. The molecule has 0 aliphatic carbocycles. The maximum Gasteiger partial charge on any atom is 0.293 e. The van der Waals surface area contributed by atoms with E-state index in [0.29, 0.717) is 17.3 Å². The number of oxazole rings is 1. The maximum atomic E-state index is 12.8. The van der Waals surface area contributed by atoms with Crippen molar-refractivity contribution in [3.8, 4) is 0 Å². The summed E-state index contributed by atoms with van der Waals surface area (Å²) in [5.74, 6) is 0.0171. The number of carbonyl (C=O) groups is 1. The number of benzene rings is 1. The molecule has 0 aliphatic heterocycles. The van der Waals surface area contributed by atoms with Gasteiger partial charge in [0.1, 0.15) is 5.82 Å². The topological polar surface area (TPSA) is 55.1 Å². The minimum absolute atomic E-state index is 0.0893. The van der Waals surface area contributed by atoms with Gasteiger partial charge in [0.25, 0.3) is 5.91 Å². The molecule has 100 valence electrons. The van der Waals surface area contributed by atoms with Crippen LogP contribution in [0, 0.1) is 12.7 Å². The molecular weight excluding hydrogens is 247 g/mol. The third-order valence-corrected chi connectivity index (χ3v) is 2.62. The monoisotopic (exact) mass is 262 g/mol. The number of aryl methyl sites for hydroxylation is 1. The Balaban J connectivity index is 2.22. The molecule has 0 unspecified atom stereocenters. The quantitative estimate of drug-likeness (QED) is 0.921. The third kappa shape index (κ3) is 2.99. The highest BCUT2D eigenvalue weighted by molar-refractivity contribution is 6.03. The van der Waals surface area contributed by atoms with Gasteiger partial charge in [0.15, 0.2) is 5.89 Å². The molecule has 2 aromatic rings. The van der Waals surface area contributed by atoms with Crippen molar-refractivity contribution in [3.63, 3.8) is 0 Å². The second-order valence-corrected chi connectivity index (χ2v) is 4.56. The van der Waals surface area contributed by atoms with Crippen LogP contribution in [-0.4, -0.2) is 10.9 Å². The van der Waals surface area contributed by atoms with Gasteiger partial charge in [0.05, 0.1) is 5.69 Å². The average molecular weight is 262 g/mol. The fraction of sp³-hybridized carbons (Fsp3) is 0.286. The Labute approximate surface area is 110 Å². The normalized spacial score (nSPS) is 10.8. The second kappa shape index (κ2) is 5.22. The van der Waals surface area contributed by atoms with Gasteiger partial charge in [-0.25, -0.2) is 9.37 Å². The highest BCUT2D eigenvalue weighted by Crippen LogP contribution is 2.21. The van der Waals surface area contributed by atoms with Crippen molar-refractivity contribution in [1.82, 2.24) is 4.98 Å². The standard InChI is InChI=1S/C14H15FN2O2/c1-8(2)12-13(19-9(3)16-12)14(18)17-11-6-4-10(15)5-7-11/h4-8H,1-3H3,(H,17,18).